The Morgan fingerprint density at radius 2 is 1.93 bits per heavy atom. The van der Waals surface area contributed by atoms with Crippen LogP contribution in [0.15, 0.2) is 48.5 Å². The molecule has 1 aromatic heterocycles. The molecular formula is C22H27N3O2. The monoisotopic (exact) mass is 365 g/mol. The fourth-order valence-corrected chi connectivity index (χ4v) is 3.18. The third-order valence-corrected chi connectivity index (χ3v) is 4.91. The summed E-state index contributed by atoms with van der Waals surface area (Å²) in [5, 5.41) is 2.99. The Hall–Kier alpha value is -2.82. The Bertz CT molecular complexity index is 917. The Labute approximate surface area is 160 Å². The topological polar surface area (TPSA) is 56.2 Å². The highest BCUT2D eigenvalue weighted by molar-refractivity contribution is 5.96. The van der Waals surface area contributed by atoms with E-state index in [2.05, 4.69) is 29.8 Å². The van der Waals surface area contributed by atoms with E-state index in [9.17, 15) is 4.79 Å². The van der Waals surface area contributed by atoms with E-state index in [1.54, 1.807) is 19.2 Å². The molecule has 1 heterocycles. The minimum absolute atomic E-state index is 0.128. The van der Waals surface area contributed by atoms with Crippen LogP contribution < -0.4 is 10.1 Å². The van der Waals surface area contributed by atoms with E-state index in [-0.39, 0.29) is 5.91 Å². The van der Waals surface area contributed by atoms with Crippen LogP contribution >= 0.6 is 0 Å². The standard InChI is InChI=1S/C22H27N3O2/c1-4-16(2)15-25-19-11-7-6-10-18(19)24-21(25)13-14-23-22(26)17-9-5-8-12-20(17)27-3/h5-12,16H,4,13-15H2,1-3H3,(H,23,26). The van der Waals surface area contributed by atoms with E-state index in [1.165, 1.54) is 0 Å². The maximum absolute atomic E-state index is 12.5. The Balaban J connectivity index is 1.73. The number of ether oxygens (including phenoxy) is 1. The lowest BCUT2D eigenvalue weighted by Gasteiger charge is -2.14. The number of carbonyl (C=O) groups is 1. The first-order valence-electron chi connectivity index (χ1n) is 9.49. The highest BCUT2D eigenvalue weighted by atomic mass is 16.5. The molecule has 0 aliphatic carbocycles. The molecule has 1 atom stereocenters. The number of rotatable bonds is 8. The molecule has 0 saturated heterocycles. The number of amides is 1. The Morgan fingerprint density at radius 3 is 2.70 bits per heavy atom. The van der Waals surface area contributed by atoms with Gasteiger partial charge in [0.15, 0.2) is 0 Å². The van der Waals surface area contributed by atoms with Crippen LogP contribution in [0.3, 0.4) is 0 Å². The summed E-state index contributed by atoms with van der Waals surface area (Å²) in [6.07, 6.45) is 1.81. The number of imidazole rings is 1. The van der Waals surface area contributed by atoms with Crippen molar-refractivity contribution in [2.45, 2.75) is 33.2 Å². The van der Waals surface area contributed by atoms with Crippen molar-refractivity contribution in [2.24, 2.45) is 5.92 Å². The second-order valence-corrected chi connectivity index (χ2v) is 6.85. The molecule has 0 bridgehead atoms. The predicted octanol–water partition coefficient (Wildman–Crippen LogP) is 4.06. The van der Waals surface area contributed by atoms with Gasteiger partial charge in [-0.2, -0.15) is 0 Å². The summed E-state index contributed by atoms with van der Waals surface area (Å²) in [7, 11) is 1.57. The van der Waals surface area contributed by atoms with Crippen molar-refractivity contribution in [1.29, 1.82) is 0 Å². The van der Waals surface area contributed by atoms with Gasteiger partial charge in [-0.25, -0.2) is 4.98 Å². The summed E-state index contributed by atoms with van der Waals surface area (Å²) in [5.41, 5.74) is 2.71. The van der Waals surface area contributed by atoms with Gasteiger partial charge in [-0.3, -0.25) is 4.79 Å². The highest BCUT2D eigenvalue weighted by Crippen LogP contribution is 2.20. The minimum atomic E-state index is -0.128. The number of nitrogens with zero attached hydrogens (tertiary/aromatic N) is 2. The average Bonchev–Trinajstić information content (AvgIpc) is 3.05. The fourth-order valence-electron chi connectivity index (χ4n) is 3.18. The van der Waals surface area contributed by atoms with Crippen LogP contribution in [0.2, 0.25) is 0 Å². The van der Waals surface area contributed by atoms with Gasteiger partial charge >= 0.3 is 0 Å². The number of para-hydroxylation sites is 3. The quantitative estimate of drug-likeness (QED) is 0.655. The van der Waals surface area contributed by atoms with Gasteiger partial charge in [0.1, 0.15) is 11.6 Å². The molecule has 2 aromatic carbocycles. The molecule has 0 spiro atoms. The SMILES string of the molecule is CCC(C)Cn1c(CCNC(=O)c2ccccc2OC)nc2ccccc21. The number of benzene rings is 2. The van der Waals surface area contributed by atoms with Gasteiger partial charge in [-0.1, -0.05) is 44.5 Å². The lowest BCUT2D eigenvalue weighted by molar-refractivity contribution is 0.0951. The van der Waals surface area contributed by atoms with Gasteiger partial charge in [-0.05, 0) is 30.2 Å². The molecule has 142 valence electrons. The molecule has 27 heavy (non-hydrogen) atoms. The number of carbonyl (C=O) groups excluding carboxylic acids is 1. The molecule has 5 nitrogen and oxygen atoms in total. The summed E-state index contributed by atoms with van der Waals surface area (Å²) >= 11 is 0. The van der Waals surface area contributed by atoms with Crippen molar-refractivity contribution in [1.82, 2.24) is 14.9 Å². The van der Waals surface area contributed by atoms with Crippen LogP contribution in [-0.2, 0) is 13.0 Å². The lowest BCUT2D eigenvalue weighted by atomic mass is 10.1. The molecule has 5 heteroatoms. The Kier molecular flexibility index (Phi) is 6.12. The molecule has 1 amide bonds. The molecule has 0 fully saturated rings. The predicted molar refractivity (Wildman–Crippen MR) is 108 cm³/mol. The lowest BCUT2D eigenvalue weighted by Crippen LogP contribution is -2.27. The zero-order chi connectivity index (χ0) is 19.2. The van der Waals surface area contributed by atoms with E-state index in [1.807, 2.05) is 30.3 Å². The molecule has 0 aliphatic rings. The number of fused-ring (bicyclic) bond motifs is 1. The molecule has 0 saturated carbocycles. The highest BCUT2D eigenvalue weighted by Gasteiger charge is 2.14. The second kappa shape index (κ2) is 8.71. The maximum Gasteiger partial charge on any atom is 0.255 e. The summed E-state index contributed by atoms with van der Waals surface area (Å²) in [4.78, 5) is 17.3. The van der Waals surface area contributed by atoms with Gasteiger partial charge in [-0.15, -0.1) is 0 Å². The van der Waals surface area contributed by atoms with Crippen molar-refractivity contribution in [3.05, 3.63) is 59.9 Å². The van der Waals surface area contributed by atoms with Gasteiger partial charge in [0.25, 0.3) is 5.91 Å². The van der Waals surface area contributed by atoms with Crippen LogP contribution in [0.5, 0.6) is 5.75 Å². The van der Waals surface area contributed by atoms with Crippen LogP contribution in [-0.4, -0.2) is 29.1 Å². The zero-order valence-corrected chi connectivity index (χ0v) is 16.2. The number of nitrogens with one attached hydrogen (secondary N) is 1. The van der Waals surface area contributed by atoms with E-state index in [0.717, 1.165) is 29.8 Å². The first-order chi connectivity index (χ1) is 13.1. The largest absolute Gasteiger partial charge is 0.496 e. The van der Waals surface area contributed by atoms with Crippen molar-refractivity contribution in [2.75, 3.05) is 13.7 Å². The van der Waals surface area contributed by atoms with E-state index in [4.69, 9.17) is 9.72 Å². The van der Waals surface area contributed by atoms with Crippen LogP contribution in [0, 0.1) is 5.92 Å². The van der Waals surface area contributed by atoms with Crippen LogP contribution in [0.1, 0.15) is 36.5 Å². The van der Waals surface area contributed by atoms with Gasteiger partial charge in [0.2, 0.25) is 0 Å². The summed E-state index contributed by atoms with van der Waals surface area (Å²) in [6.45, 7) is 5.92. The summed E-state index contributed by atoms with van der Waals surface area (Å²) in [5.74, 6) is 2.04. The van der Waals surface area contributed by atoms with Gasteiger partial charge in [0, 0.05) is 19.5 Å². The first kappa shape index (κ1) is 19.0. The zero-order valence-electron chi connectivity index (χ0n) is 16.2. The number of methoxy groups -OCH3 is 1. The third kappa shape index (κ3) is 4.30. The molecule has 3 rings (SSSR count). The normalized spacial score (nSPS) is 12.1. The molecule has 1 N–H and O–H groups in total. The third-order valence-electron chi connectivity index (χ3n) is 4.91. The van der Waals surface area contributed by atoms with Gasteiger partial charge in [0.05, 0.1) is 23.7 Å². The molecule has 3 aromatic rings. The van der Waals surface area contributed by atoms with Crippen LogP contribution in [0.25, 0.3) is 11.0 Å². The summed E-state index contributed by atoms with van der Waals surface area (Å²) in [6, 6.07) is 15.5. The van der Waals surface area contributed by atoms with Gasteiger partial charge < -0.3 is 14.6 Å². The molecule has 0 aliphatic heterocycles. The second-order valence-electron chi connectivity index (χ2n) is 6.85. The average molecular weight is 365 g/mol. The maximum atomic E-state index is 12.5. The van der Waals surface area contributed by atoms with Crippen molar-refractivity contribution in [3.8, 4) is 5.75 Å². The minimum Gasteiger partial charge on any atom is -0.496 e. The van der Waals surface area contributed by atoms with Crippen molar-refractivity contribution >= 4 is 16.9 Å². The summed E-state index contributed by atoms with van der Waals surface area (Å²) < 4.78 is 7.56. The van der Waals surface area contributed by atoms with E-state index >= 15 is 0 Å². The van der Waals surface area contributed by atoms with Crippen molar-refractivity contribution < 1.29 is 9.53 Å². The number of hydrogen-bond donors (Lipinski definition) is 1. The first-order valence-corrected chi connectivity index (χ1v) is 9.49. The van der Waals surface area contributed by atoms with Crippen LogP contribution in [0.4, 0.5) is 0 Å². The molecule has 1 unspecified atom stereocenters. The fraction of sp³-hybridized carbons (Fsp3) is 0.364. The number of hydrogen-bond acceptors (Lipinski definition) is 3. The van der Waals surface area contributed by atoms with E-state index < -0.39 is 0 Å². The molecule has 0 radical (unpaired) electrons. The van der Waals surface area contributed by atoms with Crippen molar-refractivity contribution in [3.63, 3.8) is 0 Å². The van der Waals surface area contributed by atoms with E-state index in [0.29, 0.717) is 30.2 Å². The Morgan fingerprint density at radius 1 is 1.19 bits per heavy atom. The molecular weight excluding hydrogens is 338 g/mol. The smallest absolute Gasteiger partial charge is 0.255 e. The number of aromatic nitrogens is 2.